The molecule has 0 bridgehead atoms. The number of carbonyl (C=O) groups excluding carboxylic acids is 4. The molecule has 164 valence electrons. The summed E-state index contributed by atoms with van der Waals surface area (Å²) in [6, 6.07) is 0. The highest BCUT2D eigenvalue weighted by molar-refractivity contribution is 8.15. The first-order valence-corrected chi connectivity index (χ1v) is 10.9. The van der Waals surface area contributed by atoms with E-state index in [0.29, 0.717) is 12.1 Å². The van der Waals surface area contributed by atoms with Crippen molar-refractivity contribution in [2.24, 2.45) is 10.3 Å². The number of hydrogen-bond acceptors (Lipinski definition) is 11. The Morgan fingerprint density at radius 3 is 1.21 bits per heavy atom. The highest BCUT2D eigenvalue weighted by atomic mass is 32.2. The first-order chi connectivity index (χ1) is 13.5. The van der Waals surface area contributed by atoms with Crippen molar-refractivity contribution in [3.8, 4) is 0 Å². The summed E-state index contributed by atoms with van der Waals surface area (Å²) in [4.78, 5) is 59.6. The predicted octanol–water partition coefficient (Wildman–Crippen LogP) is 1.22. The second kappa shape index (κ2) is 13.2. The van der Waals surface area contributed by atoms with Crippen LogP contribution >= 0.6 is 35.7 Å². The minimum Gasteiger partial charge on any atom is -0.343 e. The molecule has 29 heavy (non-hydrogen) atoms. The van der Waals surface area contributed by atoms with Crippen LogP contribution in [0.4, 0.5) is 9.59 Å². The van der Waals surface area contributed by atoms with E-state index >= 15 is 0 Å². The standard InChI is InChI=1S/C14H24N6O6S3/c1-17(2)11(21)9(27-7)15-25-13(23)19(5)29-20(6)14(24)26-16-10(28-8)12(22)18(3)4/h1-8H3/b15-9-,16-10+. The maximum absolute atomic E-state index is 12.0. The van der Waals surface area contributed by atoms with Gasteiger partial charge in [-0.25, -0.2) is 18.2 Å². The Morgan fingerprint density at radius 2 is 0.966 bits per heavy atom. The maximum atomic E-state index is 12.0. The van der Waals surface area contributed by atoms with Gasteiger partial charge in [0.05, 0.1) is 12.1 Å². The van der Waals surface area contributed by atoms with Gasteiger partial charge in [-0.15, -0.1) is 23.5 Å². The van der Waals surface area contributed by atoms with Crippen molar-refractivity contribution in [1.29, 1.82) is 0 Å². The van der Waals surface area contributed by atoms with Crippen LogP contribution in [0.5, 0.6) is 0 Å². The van der Waals surface area contributed by atoms with E-state index in [1.165, 1.54) is 52.1 Å². The highest BCUT2D eigenvalue weighted by Crippen LogP contribution is 2.15. The molecular formula is C14H24N6O6S3. The smallest absolute Gasteiger partial charge is 0.343 e. The summed E-state index contributed by atoms with van der Waals surface area (Å²) < 4.78 is 1.90. The minimum atomic E-state index is -0.927. The molecule has 0 saturated carbocycles. The van der Waals surface area contributed by atoms with Gasteiger partial charge in [0.15, 0.2) is 0 Å². The van der Waals surface area contributed by atoms with Gasteiger partial charge in [-0.1, -0.05) is 10.3 Å². The van der Waals surface area contributed by atoms with E-state index in [9.17, 15) is 19.2 Å². The third-order valence-corrected chi connectivity index (χ3v) is 4.80. The summed E-state index contributed by atoms with van der Waals surface area (Å²) in [5.74, 6) is -0.841. The molecule has 0 heterocycles. The molecule has 0 fully saturated rings. The van der Waals surface area contributed by atoms with Gasteiger partial charge >= 0.3 is 12.2 Å². The molecule has 0 saturated heterocycles. The molecule has 0 unspecified atom stereocenters. The molecule has 0 spiro atoms. The Hall–Kier alpha value is -2.13. The topological polar surface area (TPSA) is 124 Å². The summed E-state index contributed by atoms with van der Waals surface area (Å²) >= 11 is 2.68. The normalized spacial score (nSPS) is 11.4. The number of amides is 4. The van der Waals surface area contributed by atoms with E-state index in [0.717, 1.165) is 32.1 Å². The molecule has 0 aromatic rings. The molecule has 4 amide bonds. The Bertz CT molecular complexity index is 629. The zero-order chi connectivity index (χ0) is 22.7. The molecule has 0 rings (SSSR count). The van der Waals surface area contributed by atoms with Crippen LogP contribution in [0.15, 0.2) is 10.3 Å². The van der Waals surface area contributed by atoms with Crippen LogP contribution in [0.3, 0.4) is 0 Å². The van der Waals surface area contributed by atoms with Gasteiger partial charge in [0.25, 0.3) is 11.8 Å². The Balaban J connectivity index is 4.84. The number of hydrogen-bond donors (Lipinski definition) is 0. The lowest BCUT2D eigenvalue weighted by atomic mass is 10.6. The molecule has 0 aromatic carbocycles. The van der Waals surface area contributed by atoms with E-state index in [-0.39, 0.29) is 10.1 Å². The van der Waals surface area contributed by atoms with Gasteiger partial charge < -0.3 is 9.80 Å². The molecule has 15 heteroatoms. The SMILES string of the molecule is CS/C(=N\OC(=O)N(C)SN(C)C(=O)O/N=C(/SC)C(=O)N(C)C)C(=O)N(C)C. The van der Waals surface area contributed by atoms with Gasteiger partial charge in [0, 0.05) is 42.3 Å². The fourth-order valence-electron chi connectivity index (χ4n) is 1.24. The van der Waals surface area contributed by atoms with Crippen molar-refractivity contribution in [1.82, 2.24) is 18.4 Å². The fourth-order valence-corrected chi connectivity index (χ4v) is 2.74. The lowest BCUT2D eigenvalue weighted by Gasteiger charge is -2.19. The van der Waals surface area contributed by atoms with E-state index in [1.807, 2.05) is 0 Å². The lowest BCUT2D eigenvalue weighted by molar-refractivity contribution is -0.122. The maximum Gasteiger partial charge on any atom is 0.447 e. The van der Waals surface area contributed by atoms with Crippen LogP contribution in [-0.2, 0) is 19.3 Å². The van der Waals surface area contributed by atoms with E-state index in [2.05, 4.69) is 10.3 Å². The van der Waals surface area contributed by atoms with E-state index in [4.69, 9.17) is 9.68 Å². The average Bonchev–Trinajstić information content (AvgIpc) is 2.67. The molecule has 0 aliphatic rings. The summed E-state index contributed by atoms with van der Waals surface area (Å²) in [6.07, 6.45) is 1.37. The van der Waals surface area contributed by atoms with Crippen molar-refractivity contribution in [3.05, 3.63) is 0 Å². The molecule has 0 N–H and O–H groups in total. The Labute approximate surface area is 182 Å². The van der Waals surface area contributed by atoms with E-state index < -0.39 is 24.0 Å². The zero-order valence-corrected chi connectivity index (χ0v) is 19.8. The van der Waals surface area contributed by atoms with Crippen molar-refractivity contribution in [2.45, 2.75) is 0 Å². The molecule has 0 aliphatic heterocycles. The van der Waals surface area contributed by atoms with Gasteiger partial charge in [-0.05, 0) is 12.5 Å². The first kappa shape index (κ1) is 26.9. The summed E-state index contributed by atoms with van der Waals surface area (Å²) in [5.41, 5.74) is 0. The number of oxime groups is 2. The van der Waals surface area contributed by atoms with Gasteiger partial charge in [0.2, 0.25) is 10.1 Å². The second-order valence-electron chi connectivity index (χ2n) is 5.39. The third kappa shape index (κ3) is 9.27. The summed E-state index contributed by atoms with van der Waals surface area (Å²) in [7, 11) is 8.80. The first-order valence-electron chi connectivity index (χ1n) is 7.70. The number of rotatable bonds is 4. The molecule has 0 atom stereocenters. The largest absolute Gasteiger partial charge is 0.447 e. The van der Waals surface area contributed by atoms with Crippen LogP contribution in [0.2, 0.25) is 0 Å². The van der Waals surface area contributed by atoms with Gasteiger partial charge in [-0.3, -0.25) is 19.3 Å². The summed E-state index contributed by atoms with van der Waals surface area (Å²) in [5, 5.41) is 7.02. The minimum absolute atomic E-state index is 0.0148. The lowest BCUT2D eigenvalue weighted by Crippen LogP contribution is -2.31. The molecule has 0 aliphatic carbocycles. The number of carbonyl (C=O) groups is 4. The average molecular weight is 469 g/mol. The molecular weight excluding hydrogens is 444 g/mol. The highest BCUT2D eigenvalue weighted by Gasteiger charge is 2.22. The Morgan fingerprint density at radius 1 is 0.655 bits per heavy atom. The monoisotopic (exact) mass is 468 g/mol. The van der Waals surface area contributed by atoms with Crippen LogP contribution in [0, 0.1) is 0 Å². The van der Waals surface area contributed by atoms with Crippen molar-refractivity contribution in [2.75, 3.05) is 54.8 Å². The second-order valence-corrected chi connectivity index (χ2v) is 8.24. The van der Waals surface area contributed by atoms with Crippen molar-refractivity contribution >= 4 is 69.7 Å². The van der Waals surface area contributed by atoms with Crippen LogP contribution in [0.1, 0.15) is 0 Å². The van der Waals surface area contributed by atoms with Crippen molar-refractivity contribution < 1.29 is 28.9 Å². The van der Waals surface area contributed by atoms with Gasteiger partial charge in [-0.2, -0.15) is 0 Å². The van der Waals surface area contributed by atoms with Gasteiger partial charge in [0.1, 0.15) is 0 Å². The number of thioether (sulfide) groups is 2. The third-order valence-electron chi connectivity index (χ3n) is 2.74. The van der Waals surface area contributed by atoms with Crippen molar-refractivity contribution in [3.63, 3.8) is 0 Å². The fraction of sp³-hybridized carbons (Fsp3) is 0.571. The molecule has 0 aromatic heterocycles. The van der Waals surface area contributed by atoms with Crippen LogP contribution < -0.4 is 0 Å². The summed E-state index contributed by atoms with van der Waals surface area (Å²) in [6.45, 7) is 0. The zero-order valence-electron chi connectivity index (χ0n) is 17.4. The number of nitrogens with zero attached hydrogens (tertiary/aromatic N) is 6. The molecule has 0 radical (unpaired) electrons. The van der Waals surface area contributed by atoms with Crippen LogP contribution in [-0.4, -0.2) is 107 Å². The predicted molar refractivity (Wildman–Crippen MR) is 115 cm³/mol. The molecule has 12 nitrogen and oxygen atoms in total. The van der Waals surface area contributed by atoms with E-state index in [1.54, 1.807) is 12.5 Å². The van der Waals surface area contributed by atoms with Crippen LogP contribution in [0.25, 0.3) is 0 Å². The Kier molecular flexibility index (Phi) is 12.2. The quantitative estimate of drug-likeness (QED) is 0.197.